The number of hydrogen-bond donors (Lipinski definition) is 2. The molecule has 7 nitrogen and oxygen atoms in total. The summed E-state index contributed by atoms with van der Waals surface area (Å²) < 4.78 is 5.35. The molecule has 1 aromatic carbocycles. The predicted octanol–water partition coefficient (Wildman–Crippen LogP) is 0.443. The van der Waals surface area contributed by atoms with Gasteiger partial charge in [0.15, 0.2) is 6.61 Å². The summed E-state index contributed by atoms with van der Waals surface area (Å²) in [5.74, 6) is -0.0642. The van der Waals surface area contributed by atoms with Crippen LogP contribution in [0.2, 0.25) is 0 Å². The Labute approximate surface area is 135 Å². The summed E-state index contributed by atoms with van der Waals surface area (Å²) in [7, 11) is 0. The van der Waals surface area contributed by atoms with Crippen LogP contribution in [0.3, 0.4) is 0 Å². The highest BCUT2D eigenvalue weighted by atomic mass is 16.5. The van der Waals surface area contributed by atoms with Gasteiger partial charge in [-0.3, -0.25) is 14.4 Å². The third-order valence-electron chi connectivity index (χ3n) is 3.49. The molecule has 0 unspecified atom stereocenters. The molecule has 1 aliphatic rings. The minimum Gasteiger partial charge on any atom is -0.482 e. The van der Waals surface area contributed by atoms with Gasteiger partial charge in [-0.2, -0.15) is 0 Å². The molecule has 0 fully saturated rings. The van der Waals surface area contributed by atoms with Crippen LogP contribution in [-0.4, -0.2) is 43.5 Å². The number of hydrogen-bond acceptors (Lipinski definition) is 4. The van der Waals surface area contributed by atoms with E-state index in [0.29, 0.717) is 18.0 Å². The van der Waals surface area contributed by atoms with Gasteiger partial charge in [0, 0.05) is 19.5 Å². The molecule has 0 radical (unpaired) electrons. The molecule has 0 saturated heterocycles. The van der Waals surface area contributed by atoms with Gasteiger partial charge in [0.1, 0.15) is 11.8 Å². The fourth-order valence-corrected chi connectivity index (χ4v) is 2.32. The van der Waals surface area contributed by atoms with Crippen LogP contribution < -0.4 is 20.3 Å². The van der Waals surface area contributed by atoms with E-state index in [9.17, 15) is 14.4 Å². The highest BCUT2D eigenvalue weighted by molar-refractivity contribution is 5.98. The molecule has 23 heavy (non-hydrogen) atoms. The number of carbonyl (C=O) groups is 3. The van der Waals surface area contributed by atoms with Gasteiger partial charge >= 0.3 is 0 Å². The van der Waals surface area contributed by atoms with Gasteiger partial charge in [0.2, 0.25) is 11.8 Å². The monoisotopic (exact) mass is 319 g/mol. The minimum atomic E-state index is -0.602. The molecule has 0 saturated carbocycles. The van der Waals surface area contributed by atoms with Crippen molar-refractivity contribution in [1.82, 2.24) is 10.6 Å². The smallest absolute Gasteiger partial charge is 0.265 e. The maximum atomic E-state index is 12.0. The number of nitrogens with one attached hydrogen (secondary N) is 2. The number of amides is 3. The topological polar surface area (TPSA) is 87.7 Å². The predicted molar refractivity (Wildman–Crippen MR) is 85.2 cm³/mol. The second-order valence-electron chi connectivity index (χ2n) is 5.24. The third-order valence-corrected chi connectivity index (χ3v) is 3.49. The molecule has 0 aromatic heterocycles. The number of fused-ring (bicyclic) bond motifs is 1. The summed E-state index contributed by atoms with van der Waals surface area (Å²) >= 11 is 0. The molecular weight excluding hydrogens is 298 g/mol. The van der Waals surface area contributed by atoms with E-state index < -0.39 is 6.04 Å². The molecule has 2 N–H and O–H groups in total. The van der Waals surface area contributed by atoms with Crippen LogP contribution in [0.5, 0.6) is 5.75 Å². The van der Waals surface area contributed by atoms with Crippen LogP contribution >= 0.6 is 0 Å². The maximum Gasteiger partial charge on any atom is 0.265 e. The Hall–Kier alpha value is -2.57. The molecule has 1 aromatic rings. The van der Waals surface area contributed by atoms with Crippen molar-refractivity contribution in [3.8, 4) is 5.75 Å². The number of para-hydroxylation sites is 2. The molecule has 2 rings (SSSR count). The van der Waals surface area contributed by atoms with Crippen LogP contribution in [0.15, 0.2) is 24.3 Å². The van der Waals surface area contributed by atoms with Crippen LogP contribution in [0, 0.1) is 0 Å². The van der Waals surface area contributed by atoms with Gasteiger partial charge in [-0.05, 0) is 26.0 Å². The quantitative estimate of drug-likeness (QED) is 0.796. The van der Waals surface area contributed by atoms with Gasteiger partial charge in [0.25, 0.3) is 5.91 Å². The van der Waals surface area contributed by atoms with E-state index in [1.165, 1.54) is 4.90 Å². The first-order valence-electron chi connectivity index (χ1n) is 7.62. The first-order valence-corrected chi connectivity index (χ1v) is 7.62. The summed E-state index contributed by atoms with van der Waals surface area (Å²) in [6, 6.07) is 6.60. The zero-order valence-electron chi connectivity index (χ0n) is 13.3. The van der Waals surface area contributed by atoms with Crippen molar-refractivity contribution < 1.29 is 19.1 Å². The van der Waals surface area contributed by atoms with Crippen molar-refractivity contribution in [3.63, 3.8) is 0 Å². The van der Waals surface area contributed by atoms with Crippen molar-refractivity contribution in [2.75, 3.05) is 24.6 Å². The molecule has 1 heterocycles. The SMILES string of the molecule is CCNC(=O)[C@@H](C)NC(=O)CCN1C(=O)COc2ccccc21. The standard InChI is InChI=1S/C16H21N3O4/c1-3-17-16(22)11(2)18-14(20)8-9-19-12-6-4-5-7-13(12)23-10-15(19)21/h4-7,11H,3,8-10H2,1-2H3,(H,17,22)(H,18,20)/t11-/m1/s1. The number of rotatable bonds is 6. The summed E-state index contributed by atoms with van der Waals surface area (Å²) in [5.41, 5.74) is 0.660. The lowest BCUT2D eigenvalue weighted by molar-refractivity contribution is -0.128. The number of nitrogens with zero attached hydrogens (tertiary/aromatic N) is 1. The Morgan fingerprint density at radius 1 is 1.35 bits per heavy atom. The van der Waals surface area contributed by atoms with Crippen molar-refractivity contribution in [1.29, 1.82) is 0 Å². The molecule has 124 valence electrons. The maximum absolute atomic E-state index is 12.0. The van der Waals surface area contributed by atoms with Crippen molar-refractivity contribution in [3.05, 3.63) is 24.3 Å². The first kappa shape index (κ1) is 16.8. The zero-order valence-corrected chi connectivity index (χ0v) is 13.3. The van der Waals surface area contributed by atoms with Gasteiger partial charge in [-0.25, -0.2) is 0 Å². The lowest BCUT2D eigenvalue weighted by atomic mass is 10.2. The second-order valence-corrected chi connectivity index (χ2v) is 5.24. The Morgan fingerprint density at radius 2 is 2.09 bits per heavy atom. The Morgan fingerprint density at radius 3 is 2.83 bits per heavy atom. The molecule has 0 spiro atoms. The van der Waals surface area contributed by atoms with Gasteiger partial charge in [-0.15, -0.1) is 0 Å². The summed E-state index contributed by atoms with van der Waals surface area (Å²) in [5, 5.41) is 5.26. The number of carbonyl (C=O) groups excluding carboxylic acids is 3. The normalized spacial score (nSPS) is 14.5. The number of anilines is 1. The number of benzene rings is 1. The van der Waals surface area contributed by atoms with E-state index in [-0.39, 0.29) is 37.3 Å². The molecular formula is C16H21N3O4. The average molecular weight is 319 g/mol. The number of ether oxygens (including phenoxy) is 1. The first-order chi connectivity index (χ1) is 11.0. The second kappa shape index (κ2) is 7.62. The highest BCUT2D eigenvalue weighted by Gasteiger charge is 2.25. The summed E-state index contributed by atoms with van der Waals surface area (Å²) in [6.45, 7) is 4.16. The van der Waals surface area contributed by atoms with Crippen LogP contribution in [-0.2, 0) is 14.4 Å². The van der Waals surface area contributed by atoms with Crippen LogP contribution in [0.1, 0.15) is 20.3 Å². The van der Waals surface area contributed by atoms with E-state index in [1.807, 2.05) is 19.1 Å². The van der Waals surface area contributed by atoms with E-state index in [1.54, 1.807) is 19.1 Å². The van der Waals surface area contributed by atoms with Gasteiger partial charge in [-0.1, -0.05) is 12.1 Å². The summed E-state index contributed by atoms with van der Waals surface area (Å²) in [4.78, 5) is 37.1. The average Bonchev–Trinajstić information content (AvgIpc) is 2.54. The lowest BCUT2D eigenvalue weighted by Crippen LogP contribution is -2.46. The lowest BCUT2D eigenvalue weighted by Gasteiger charge is -2.29. The van der Waals surface area contributed by atoms with Crippen LogP contribution in [0.25, 0.3) is 0 Å². The zero-order chi connectivity index (χ0) is 16.8. The highest BCUT2D eigenvalue weighted by Crippen LogP contribution is 2.31. The Kier molecular flexibility index (Phi) is 5.56. The van der Waals surface area contributed by atoms with Gasteiger partial charge < -0.3 is 20.3 Å². The largest absolute Gasteiger partial charge is 0.482 e. The van der Waals surface area contributed by atoms with Crippen molar-refractivity contribution >= 4 is 23.4 Å². The fraction of sp³-hybridized carbons (Fsp3) is 0.438. The van der Waals surface area contributed by atoms with Crippen LogP contribution in [0.4, 0.5) is 5.69 Å². The van der Waals surface area contributed by atoms with E-state index in [2.05, 4.69) is 10.6 Å². The third kappa shape index (κ3) is 4.21. The van der Waals surface area contributed by atoms with Crippen molar-refractivity contribution in [2.45, 2.75) is 26.3 Å². The van der Waals surface area contributed by atoms with Gasteiger partial charge in [0.05, 0.1) is 5.69 Å². The Balaban J connectivity index is 1.91. The molecule has 0 aliphatic carbocycles. The molecule has 3 amide bonds. The van der Waals surface area contributed by atoms with E-state index >= 15 is 0 Å². The fourth-order valence-electron chi connectivity index (χ4n) is 2.32. The summed E-state index contributed by atoms with van der Waals surface area (Å²) in [6.07, 6.45) is 0.115. The molecule has 1 aliphatic heterocycles. The molecule has 1 atom stereocenters. The van der Waals surface area contributed by atoms with Crippen molar-refractivity contribution in [2.24, 2.45) is 0 Å². The molecule has 0 bridgehead atoms. The number of likely N-dealkylation sites (N-methyl/N-ethyl adjacent to an activating group) is 1. The van der Waals surface area contributed by atoms with E-state index in [4.69, 9.17) is 4.74 Å². The van der Waals surface area contributed by atoms with E-state index in [0.717, 1.165) is 0 Å². The Bertz CT molecular complexity index is 603. The minimum absolute atomic E-state index is 0.0338. The molecule has 7 heteroatoms.